The number of hydrogen-bond acceptors (Lipinski definition) is 1. The second-order valence-corrected chi connectivity index (χ2v) is 3.15. The Balaban J connectivity index is 3.25. The van der Waals surface area contributed by atoms with Crippen molar-refractivity contribution in [2.75, 3.05) is 7.05 Å². The average Bonchev–Trinajstić information content (AvgIpc) is 2.12. The van der Waals surface area contributed by atoms with Crippen LogP contribution in [-0.4, -0.2) is 7.05 Å². The molecule has 0 heterocycles. The van der Waals surface area contributed by atoms with Crippen molar-refractivity contribution in [1.29, 1.82) is 0 Å². The van der Waals surface area contributed by atoms with Crippen molar-refractivity contribution in [1.82, 2.24) is 5.32 Å². The molecule has 1 N–H and O–H groups in total. The van der Waals surface area contributed by atoms with Crippen LogP contribution in [-0.2, 0) is 0 Å². The van der Waals surface area contributed by atoms with Crippen LogP contribution in [0.5, 0.6) is 0 Å². The van der Waals surface area contributed by atoms with E-state index in [0.717, 1.165) is 12.1 Å². The summed E-state index contributed by atoms with van der Waals surface area (Å²) in [7, 11) is 1.66. The molecular weight excluding hydrogens is 196 g/mol. The molecule has 0 aliphatic rings. The molecule has 4 heteroatoms. The van der Waals surface area contributed by atoms with E-state index in [1.54, 1.807) is 14.0 Å². The van der Waals surface area contributed by atoms with Gasteiger partial charge in [0.1, 0.15) is 11.6 Å². The van der Waals surface area contributed by atoms with E-state index in [-0.39, 0.29) is 16.6 Å². The Kier molecular flexibility index (Phi) is 3.22. The molecule has 72 valence electrons. The van der Waals surface area contributed by atoms with Crippen LogP contribution in [0.2, 0.25) is 5.02 Å². The molecule has 1 nitrogen and oxygen atoms in total. The predicted molar refractivity (Wildman–Crippen MR) is 48.8 cm³/mol. The minimum Gasteiger partial charge on any atom is -0.313 e. The fraction of sp³-hybridized carbons (Fsp3) is 0.333. The van der Waals surface area contributed by atoms with Crippen LogP contribution in [0.4, 0.5) is 8.78 Å². The Morgan fingerprint density at radius 1 is 1.31 bits per heavy atom. The van der Waals surface area contributed by atoms with Crippen molar-refractivity contribution in [3.63, 3.8) is 0 Å². The molecule has 0 bridgehead atoms. The summed E-state index contributed by atoms with van der Waals surface area (Å²) in [4.78, 5) is 0. The van der Waals surface area contributed by atoms with Gasteiger partial charge in [0.2, 0.25) is 0 Å². The van der Waals surface area contributed by atoms with Crippen molar-refractivity contribution < 1.29 is 8.78 Å². The lowest BCUT2D eigenvalue weighted by molar-refractivity contribution is 0.547. The van der Waals surface area contributed by atoms with Gasteiger partial charge in [-0.15, -0.1) is 0 Å². The highest BCUT2D eigenvalue weighted by Gasteiger charge is 2.16. The van der Waals surface area contributed by atoms with E-state index in [9.17, 15) is 8.78 Å². The quantitative estimate of drug-likeness (QED) is 0.733. The van der Waals surface area contributed by atoms with Crippen LogP contribution < -0.4 is 5.32 Å². The van der Waals surface area contributed by atoms with Crippen molar-refractivity contribution in [3.8, 4) is 0 Å². The standard InChI is InChI=1S/C9H10ClF2N/c1-5(13-2)8-6(11)3-4-7(12)9(8)10/h3-5,13H,1-2H3/t5-/m1/s1. The molecule has 0 unspecified atom stereocenters. The summed E-state index contributed by atoms with van der Waals surface area (Å²) in [5.74, 6) is -1.09. The van der Waals surface area contributed by atoms with Gasteiger partial charge in [-0.1, -0.05) is 11.6 Å². The van der Waals surface area contributed by atoms with Gasteiger partial charge in [0.05, 0.1) is 5.02 Å². The van der Waals surface area contributed by atoms with Crippen LogP contribution in [0.3, 0.4) is 0 Å². The molecule has 0 radical (unpaired) electrons. The molecule has 0 fully saturated rings. The minimum absolute atomic E-state index is 0.151. The first kappa shape index (κ1) is 10.4. The summed E-state index contributed by atoms with van der Waals surface area (Å²) in [6.45, 7) is 1.71. The average molecular weight is 206 g/mol. The van der Waals surface area contributed by atoms with E-state index in [4.69, 9.17) is 11.6 Å². The summed E-state index contributed by atoms with van der Waals surface area (Å²) in [5, 5.41) is 2.65. The number of nitrogens with one attached hydrogen (secondary N) is 1. The third-order valence-electron chi connectivity index (χ3n) is 1.95. The molecular formula is C9H10ClF2N. The Morgan fingerprint density at radius 2 is 1.85 bits per heavy atom. The van der Waals surface area contributed by atoms with Crippen molar-refractivity contribution in [3.05, 3.63) is 34.4 Å². The zero-order valence-electron chi connectivity index (χ0n) is 7.37. The van der Waals surface area contributed by atoms with Crippen LogP contribution in [0.1, 0.15) is 18.5 Å². The monoisotopic (exact) mass is 205 g/mol. The van der Waals surface area contributed by atoms with Gasteiger partial charge in [0.15, 0.2) is 0 Å². The third kappa shape index (κ3) is 1.98. The molecule has 13 heavy (non-hydrogen) atoms. The van der Waals surface area contributed by atoms with Crippen LogP contribution in [0.15, 0.2) is 12.1 Å². The molecule has 0 aliphatic heterocycles. The van der Waals surface area contributed by atoms with Crippen LogP contribution in [0.25, 0.3) is 0 Å². The number of hydrogen-bond donors (Lipinski definition) is 1. The number of halogens is 3. The molecule has 0 saturated heterocycles. The predicted octanol–water partition coefficient (Wildman–Crippen LogP) is 2.90. The van der Waals surface area contributed by atoms with Gasteiger partial charge in [-0.3, -0.25) is 0 Å². The van der Waals surface area contributed by atoms with Crippen molar-refractivity contribution >= 4 is 11.6 Å². The first-order valence-electron chi connectivity index (χ1n) is 3.88. The maximum absolute atomic E-state index is 13.2. The molecule has 1 rings (SSSR count). The normalized spacial score (nSPS) is 13.0. The lowest BCUT2D eigenvalue weighted by Crippen LogP contribution is -2.14. The molecule has 1 aromatic rings. The fourth-order valence-corrected chi connectivity index (χ4v) is 1.40. The smallest absolute Gasteiger partial charge is 0.142 e. The fourth-order valence-electron chi connectivity index (χ4n) is 1.08. The number of benzene rings is 1. The van der Waals surface area contributed by atoms with Crippen LogP contribution in [0, 0.1) is 11.6 Å². The first-order chi connectivity index (χ1) is 6.07. The Bertz CT molecular complexity index is 315. The van der Waals surface area contributed by atoms with Crippen LogP contribution >= 0.6 is 11.6 Å². The molecule has 0 amide bonds. The van der Waals surface area contributed by atoms with Gasteiger partial charge >= 0.3 is 0 Å². The van der Waals surface area contributed by atoms with Gasteiger partial charge in [0.25, 0.3) is 0 Å². The van der Waals surface area contributed by atoms with Gasteiger partial charge < -0.3 is 5.32 Å². The molecule has 1 aromatic carbocycles. The SMILES string of the molecule is CN[C@H](C)c1c(F)ccc(F)c1Cl. The van der Waals surface area contributed by atoms with Gasteiger partial charge in [-0.2, -0.15) is 0 Å². The van der Waals surface area contributed by atoms with Gasteiger partial charge in [0, 0.05) is 11.6 Å². The highest BCUT2D eigenvalue weighted by Crippen LogP contribution is 2.27. The Hall–Kier alpha value is -0.670. The van der Waals surface area contributed by atoms with E-state index < -0.39 is 11.6 Å². The summed E-state index contributed by atoms with van der Waals surface area (Å²) in [6, 6.07) is 1.79. The Morgan fingerprint density at radius 3 is 2.38 bits per heavy atom. The largest absolute Gasteiger partial charge is 0.313 e. The van der Waals surface area contributed by atoms with Crippen molar-refractivity contribution in [2.24, 2.45) is 0 Å². The molecule has 0 aliphatic carbocycles. The van der Waals surface area contributed by atoms with Crippen molar-refractivity contribution in [2.45, 2.75) is 13.0 Å². The highest BCUT2D eigenvalue weighted by molar-refractivity contribution is 6.31. The lowest BCUT2D eigenvalue weighted by atomic mass is 10.1. The zero-order valence-corrected chi connectivity index (χ0v) is 8.12. The lowest BCUT2D eigenvalue weighted by Gasteiger charge is -2.13. The maximum atomic E-state index is 13.2. The van der Waals surface area contributed by atoms with Gasteiger partial charge in [-0.25, -0.2) is 8.78 Å². The minimum atomic E-state index is -0.597. The Labute approximate surface area is 80.7 Å². The number of rotatable bonds is 2. The zero-order chi connectivity index (χ0) is 10.0. The van der Waals surface area contributed by atoms with Gasteiger partial charge in [-0.05, 0) is 26.1 Å². The van der Waals surface area contributed by atoms with E-state index in [0.29, 0.717) is 0 Å². The molecule has 0 spiro atoms. The summed E-state index contributed by atoms with van der Waals surface area (Å²) in [6.07, 6.45) is 0. The molecule has 1 atom stereocenters. The van der Waals surface area contributed by atoms with E-state index in [1.807, 2.05) is 0 Å². The molecule has 0 aromatic heterocycles. The third-order valence-corrected chi connectivity index (χ3v) is 2.33. The summed E-state index contributed by atoms with van der Waals surface area (Å²) < 4.78 is 26.1. The maximum Gasteiger partial charge on any atom is 0.142 e. The topological polar surface area (TPSA) is 12.0 Å². The first-order valence-corrected chi connectivity index (χ1v) is 4.26. The summed E-state index contributed by atoms with van der Waals surface area (Å²) >= 11 is 5.62. The van der Waals surface area contributed by atoms with E-state index >= 15 is 0 Å². The second-order valence-electron chi connectivity index (χ2n) is 2.77. The summed E-state index contributed by atoms with van der Waals surface area (Å²) in [5.41, 5.74) is 0.171. The van der Waals surface area contributed by atoms with E-state index in [2.05, 4.69) is 5.32 Å². The molecule has 0 saturated carbocycles. The highest BCUT2D eigenvalue weighted by atomic mass is 35.5. The second kappa shape index (κ2) is 4.03. The van der Waals surface area contributed by atoms with E-state index in [1.165, 1.54) is 0 Å².